The first kappa shape index (κ1) is 21.7. The maximum Gasteiger partial charge on any atom is 0.193 e. The summed E-state index contributed by atoms with van der Waals surface area (Å²) in [7, 11) is 0. The van der Waals surface area contributed by atoms with Crippen LogP contribution in [-0.4, -0.2) is 21.6 Å². The molecule has 0 saturated heterocycles. The van der Waals surface area contributed by atoms with Gasteiger partial charge in [0, 0.05) is 22.9 Å². The SMILES string of the molecule is CC1(C)C[C@]1(O)C(O)c1ccc2c(c1)C(=O)c1ccc(Nc3ccc(F)cc3F)cc1CC2. The lowest BCUT2D eigenvalue weighted by molar-refractivity contribution is -0.0260. The number of nitrogens with one attached hydrogen (secondary N) is 1. The lowest BCUT2D eigenvalue weighted by Crippen LogP contribution is -2.26. The standard InChI is InChI=1S/C27H25F2NO3/c1-26(2)14-27(26,33)25(32)17-6-4-15-3-5-16-11-19(8-9-20(16)24(31)21(15)12-17)30-23-10-7-18(28)13-22(23)29/h4,6-13,25,30,32-33H,3,5,14H2,1-2H3/t25?,27-/m0/s1. The number of benzene rings is 3. The molecule has 6 heteroatoms. The van der Waals surface area contributed by atoms with E-state index < -0.39 is 23.3 Å². The fourth-order valence-electron chi connectivity index (χ4n) is 4.83. The Hall–Kier alpha value is -3.09. The summed E-state index contributed by atoms with van der Waals surface area (Å²) in [5.74, 6) is -1.49. The molecule has 33 heavy (non-hydrogen) atoms. The second kappa shape index (κ2) is 7.47. The predicted octanol–water partition coefficient (Wildman–Crippen LogP) is 5.23. The van der Waals surface area contributed by atoms with Crippen LogP contribution in [0.2, 0.25) is 0 Å². The Kier molecular flexibility index (Phi) is 4.92. The average Bonchev–Trinajstić information content (AvgIpc) is 3.35. The van der Waals surface area contributed by atoms with E-state index in [0.717, 1.165) is 17.2 Å². The highest BCUT2D eigenvalue weighted by Gasteiger charge is 2.64. The fourth-order valence-corrected chi connectivity index (χ4v) is 4.83. The molecule has 0 aliphatic heterocycles. The van der Waals surface area contributed by atoms with Gasteiger partial charge in [0.15, 0.2) is 5.78 Å². The van der Waals surface area contributed by atoms with Crippen molar-refractivity contribution >= 4 is 17.2 Å². The van der Waals surface area contributed by atoms with Gasteiger partial charge in [-0.05, 0) is 77.8 Å². The molecule has 0 radical (unpaired) electrons. The molecule has 3 aromatic rings. The molecule has 0 spiro atoms. The minimum atomic E-state index is -1.19. The molecule has 0 heterocycles. The van der Waals surface area contributed by atoms with Gasteiger partial charge in [-0.25, -0.2) is 8.78 Å². The summed E-state index contributed by atoms with van der Waals surface area (Å²) in [5.41, 5.74) is 2.51. The van der Waals surface area contributed by atoms with Crippen molar-refractivity contribution < 1.29 is 23.8 Å². The van der Waals surface area contributed by atoms with E-state index in [0.29, 0.717) is 41.6 Å². The molecule has 1 fully saturated rings. The Bertz CT molecular complexity index is 1290. The summed E-state index contributed by atoms with van der Waals surface area (Å²) in [6, 6.07) is 13.9. The number of fused-ring (bicyclic) bond motifs is 2. The summed E-state index contributed by atoms with van der Waals surface area (Å²) in [5, 5.41) is 24.5. The minimum absolute atomic E-state index is 0.145. The Labute approximate surface area is 190 Å². The summed E-state index contributed by atoms with van der Waals surface area (Å²) < 4.78 is 27.2. The summed E-state index contributed by atoms with van der Waals surface area (Å²) in [6.45, 7) is 3.81. The number of hydrogen-bond acceptors (Lipinski definition) is 4. The molecule has 4 nitrogen and oxygen atoms in total. The number of rotatable bonds is 4. The number of aliphatic hydroxyl groups excluding tert-OH is 1. The molecule has 0 aromatic heterocycles. The normalized spacial score (nSPS) is 21.6. The molecule has 3 aromatic carbocycles. The van der Waals surface area contributed by atoms with Crippen LogP contribution >= 0.6 is 0 Å². The highest BCUT2D eigenvalue weighted by molar-refractivity contribution is 6.11. The van der Waals surface area contributed by atoms with Gasteiger partial charge in [-0.1, -0.05) is 26.0 Å². The Morgan fingerprint density at radius 2 is 1.67 bits per heavy atom. The Morgan fingerprint density at radius 1 is 0.939 bits per heavy atom. The van der Waals surface area contributed by atoms with Gasteiger partial charge in [-0.3, -0.25) is 4.79 Å². The number of aliphatic hydroxyl groups is 2. The minimum Gasteiger partial charge on any atom is -0.386 e. The van der Waals surface area contributed by atoms with Gasteiger partial charge in [0.2, 0.25) is 0 Å². The Balaban J connectivity index is 1.44. The molecule has 1 unspecified atom stereocenters. The lowest BCUT2D eigenvalue weighted by Gasteiger charge is -2.22. The summed E-state index contributed by atoms with van der Waals surface area (Å²) in [4.78, 5) is 13.4. The van der Waals surface area contributed by atoms with E-state index in [1.165, 1.54) is 12.1 Å². The van der Waals surface area contributed by atoms with Gasteiger partial charge in [0.25, 0.3) is 0 Å². The molecule has 2 aliphatic carbocycles. The zero-order valence-corrected chi connectivity index (χ0v) is 18.5. The number of aryl methyl sites for hydroxylation is 2. The number of carbonyl (C=O) groups is 1. The van der Waals surface area contributed by atoms with Crippen LogP contribution in [-0.2, 0) is 12.8 Å². The molecular weight excluding hydrogens is 424 g/mol. The first-order valence-electron chi connectivity index (χ1n) is 11.0. The smallest absolute Gasteiger partial charge is 0.193 e. The van der Waals surface area contributed by atoms with Gasteiger partial charge in [0.1, 0.15) is 23.3 Å². The fraction of sp³-hybridized carbons (Fsp3) is 0.296. The number of carbonyl (C=O) groups excluding carboxylic acids is 1. The molecule has 1 saturated carbocycles. The molecule has 0 amide bonds. The van der Waals surface area contributed by atoms with E-state index in [1.54, 1.807) is 24.3 Å². The highest BCUT2D eigenvalue weighted by atomic mass is 19.1. The molecular formula is C27H25F2NO3. The van der Waals surface area contributed by atoms with E-state index >= 15 is 0 Å². The first-order chi connectivity index (χ1) is 15.6. The van der Waals surface area contributed by atoms with Gasteiger partial charge < -0.3 is 15.5 Å². The third kappa shape index (κ3) is 3.63. The van der Waals surface area contributed by atoms with Crippen molar-refractivity contribution in [3.63, 3.8) is 0 Å². The van der Waals surface area contributed by atoms with Crippen LogP contribution in [0.25, 0.3) is 0 Å². The van der Waals surface area contributed by atoms with Crippen molar-refractivity contribution in [2.45, 2.75) is 44.8 Å². The maximum atomic E-state index is 14.0. The number of anilines is 2. The van der Waals surface area contributed by atoms with Crippen LogP contribution in [0.1, 0.15) is 59.0 Å². The van der Waals surface area contributed by atoms with Crippen LogP contribution in [0, 0.1) is 17.0 Å². The van der Waals surface area contributed by atoms with Crippen LogP contribution < -0.4 is 5.32 Å². The van der Waals surface area contributed by atoms with E-state index in [9.17, 15) is 23.8 Å². The third-order valence-electron chi connectivity index (χ3n) is 7.13. The molecule has 0 bridgehead atoms. The number of ketones is 1. The molecule has 3 N–H and O–H groups in total. The van der Waals surface area contributed by atoms with Crippen LogP contribution in [0.15, 0.2) is 54.6 Å². The van der Waals surface area contributed by atoms with Gasteiger partial charge in [0.05, 0.1) is 5.69 Å². The first-order valence-corrected chi connectivity index (χ1v) is 11.0. The second-order valence-electron chi connectivity index (χ2n) is 9.75. The molecule has 2 atom stereocenters. The third-order valence-corrected chi connectivity index (χ3v) is 7.13. The van der Waals surface area contributed by atoms with Crippen molar-refractivity contribution in [2.24, 2.45) is 5.41 Å². The topological polar surface area (TPSA) is 69.6 Å². The van der Waals surface area contributed by atoms with Crippen LogP contribution in [0.4, 0.5) is 20.2 Å². The maximum absolute atomic E-state index is 14.0. The quantitative estimate of drug-likeness (QED) is 0.510. The van der Waals surface area contributed by atoms with E-state index in [4.69, 9.17) is 0 Å². The molecule has 170 valence electrons. The van der Waals surface area contributed by atoms with Gasteiger partial charge in [-0.2, -0.15) is 0 Å². The van der Waals surface area contributed by atoms with Gasteiger partial charge in [-0.15, -0.1) is 0 Å². The van der Waals surface area contributed by atoms with Crippen LogP contribution in [0.5, 0.6) is 0 Å². The zero-order valence-electron chi connectivity index (χ0n) is 18.5. The predicted molar refractivity (Wildman–Crippen MR) is 122 cm³/mol. The van der Waals surface area contributed by atoms with E-state index in [-0.39, 0.29) is 16.9 Å². The number of halogens is 2. The summed E-state index contributed by atoms with van der Waals surface area (Å²) >= 11 is 0. The molecule has 2 aliphatic rings. The van der Waals surface area contributed by atoms with Gasteiger partial charge >= 0.3 is 0 Å². The lowest BCUT2D eigenvalue weighted by atomic mass is 9.91. The number of hydrogen-bond donors (Lipinski definition) is 3. The second-order valence-corrected chi connectivity index (χ2v) is 9.75. The van der Waals surface area contributed by atoms with Crippen LogP contribution in [0.3, 0.4) is 0 Å². The largest absolute Gasteiger partial charge is 0.386 e. The van der Waals surface area contributed by atoms with Crippen molar-refractivity contribution in [3.05, 3.63) is 94.0 Å². The van der Waals surface area contributed by atoms with Crippen molar-refractivity contribution in [1.82, 2.24) is 0 Å². The highest BCUT2D eigenvalue weighted by Crippen LogP contribution is 2.61. The van der Waals surface area contributed by atoms with Crippen molar-refractivity contribution in [2.75, 3.05) is 5.32 Å². The van der Waals surface area contributed by atoms with E-state index in [2.05, 4.69) is 5.32 Å². The van der Waals surface area contributed by atoms with Crippen molar-refractivity contribution in [3.8, 4) is 0 Å². The average molecular weight is 449 g/mol. The zero-order chi connectivity index (χ0) is 23.5. The van der Waals surface area contributed by atoms with Crippen molar-refractivity contribution in [1.29, 1.82) is 0 Å². The summed E-state index contributed by atoms with van der Waals surface area (Å²) in [6.07, 6.45) is 0.688. The van der Waals surface area contributed by atoms with E-state index in [1.807, 2.05) is 26.0 Å². The molecule has 5 rings (SSSR count). The monoisotopic (exact) mass is 449 g/mol. The Morgan fingerprint density at radius 3 is 2.36 bits per heavy atom.